The van der Waals surface area contributed by atoms with Crippen LogP contribution in [0.5, 0.6) is 0 Å². The van der Waals surface area contributed by atoms with E-state index in [-0.39, 0.29) is 5.41 Å². The number of hydrogen-bond donors (Lipinski definition) is 1. The van der Waals surface area contributed by atoms with Gasteiger partial charge < -0.3 is 15.0 Å². The van der Waals surface area contributed by atoms with Gasteiger partial charge in [0.15, 0.2) is 0 Å². The van der Waals surface area contributed by atoms with Crippen molar-refractivity contribution < 1.29 is 9.53 Å². The molecule has 1 unspecified atom stereocenters. The predicted molar refractivity (Wildman–Crippen MR) is 66.8 cm³/mol. The molecule has 2 fully saturated rings. The van der Waals surface area contributed by atoms with Crippen molar-refractivity contribution in [3.8, 4) is 0 Å². The normalized spacial score (nSPS) is 29.9. The van der Waals surface area contributed by atoms with Gasteiger partial charge in [0.05, 0.1) is 12.0 Å². The summed E-state index contributed by atoms with van der Waals surface area (Å²) in [6, 6.07) is 0. The van der Waals surface area contributed by atoms with Gasteiger partial charge in [-0.2, -0.15) is 0 Å². The third kappa shape index (κ3) is 2.80. The molecule has 0 aliphatic carbocycles. The van der Waals surface area contributed by atoms with Crippen molar-refractivity contribution in [3.63, 3.8) is 0 Å². The molecular formula is C13H24N2O2. The number of rotatable bonds is 3. The average molecular weight is 240 g/mol. The van der Waals surface area contributed by atoms with Crippen LogP contribution in [-0.4, -0.2) is 50.2 Å². The quantitative estimate of drug-likeness (QED) is 0.796. The first kappa shape index (κ1) is 12.8. The number of carbonyl (C=O) groups excluding carboxylic acids is 1. The fourth-order valence-corrected chi connectivity index (χ4v) is 3.01. The van der Waals surface area contributed by atoms with E-state index in [0.717, 1.165) is 45.6 Å². The molecule has 4 heteroatoms. The Morgan fingerprint density at radius 1 is 1.41 bits per heavy atom. The molecule has 0 aromatic heterocycles. The van der Waals surface area contributed by atoms with Crippen molar-refractivity contribution in [2.24, 2.45) is 11.3 Å². The summed E-state index contributed by atoms with van der Waals surface area (Å²) in [5.74, 6) is 0.869. The molecule has 17 heavy (non-hydrogen) atoms. The number of nitrogens with one attached hydrogen (secondary N) is 1. The van der Waals surface area contributed by atoms with Gasteiger partial charge in [-0.3, -0.25) is 4.79 Å². The number of piperazine rings is 1. The maximum atomic E-state index is 12.7. The van der Waals surface area contributed by atoms with Gasteiger partial charge in [0, 0.05) is 32.8 Å². The lowest BCUT2D eigenvalue weighted by Gasteiger charge is -2.36. The van der Waals surface area contributed by atoms with Crippen LogP contribution in [0, 0.1) is 11.3 Å². The van der Waals surface area contributed by atoms with E-state index in [1.807, 2.05) is 4.90 Å². The summed E-state index contributed by atoms with van der Waals surface area (Å²) < 4.78 is 5.51. The molecule has 0 aromatic rings. The Balaban J connectivity index is 2.06. The number of carbonyl (C=O) groups is 1. The second kappa shape index (κ2) is 5.36. The van der Waals surface area contributed by atoms with Crippen molar-refractivity contribution in [2.45, 2.75) is 26.7 Å². The summed E-state index contributed by atoms with van der Waals surface area (Å²) in [6.45, 7) is 9.26. The molecule has 2 rings (SSSR count). The van der Waals surface area contributed by atoms with Crippen LogP contribution in [0.15, 0.2) is 0 Å². The lowest BCUT2D eigenvalue weighted by molar-refractivity contribution is -0.143. The lowest BCUT2D eigenvalue weighted by atomic mass is 9.78. The van der Waals surface area contributed by atoms with Crippen molar-refractivity contribution in [1.29, 1.82) is 0 Å². The highest BCUT2D eigenvalue weighted by molar-refractivity contribution is 5.83. The van der Waals surface area contributed by atoms with Crippen molar-refractivity contribution in [3.05, 3.63) is 0 Å². The maximum Gasteiger partial charge on any atom is 0.231 e. The van der Waals surface area contributed by atoms with E-state index in [2.05, 4.69) is 19.2 Å². The van der Waals surface area contributed by atoms with Crippen LogP contribution in [0.1, 0.15) is 26.7 Å². The van der Waals surface area contributed by atoms with Gasteiger partial charge in [-0.15, -0.1) is 0 Å². The van der Waals surface area contributed by atoms with Crippen LogP contribution < -0.4 is 5.32 Å². The van der Waals surface area contributed by atoms with Gasteiger partial charge in [0.1, 0.15) is 0 Å². The first-order valence-electron chi connectivity index (χ1n) is 6.72. The largest absolute Gasteiger partial charge is 0.380 e. The van der Waals surface area contributed by atoms with Crippen molar-refractivity contribution >= 4 is 5.91 Å². The summed E-state index contributed by atoms with van der Waals surface area (Å²) in [7, 11) is 0. The molecule has 0 spiro atoms. The zero-order valence-electron chi connectivity index (χ0n) is 11.0. The highest BCUT2D eigenvalue weighted by Crippen LogP contribution is 2.37. The Hall–Kier alpha value is -0.610. The Labute approximate surface area is 104 Å². The van der Waals surface area contributed by atoms with Gasteiger partial charge in [-0.1, -0.05) is 13.8 Å². The molecule has 0 aromatic carbocycles. The SMILES string of the molecule is CC(C)CC1(C(=O)N2CCNCC2)CCOC1. The standard InChI is InChI=1S/C13H24N2O2/c1-11(2)9-13(3-8-17-10-13)12(16)15-6-4-14-5-7-15/h11,14H,3-10H2,1-2H3. The Bertz CT molecular complexity index is 267. The number of ether oxygens (including phenoxy) is 1. The Morgan fingerprint density at radius 3 is 2.65 bits per heavy atom. The van der Waals surface area contributed by atoms with Crippen molar-refractivity contribution in [2.75, 3.05) is 39.4 Å². The second-order valence-electron chi connectivity index (χ2n) is 5.72. The van der Waals surface area contributed by atoms with E-state index in [0.29, 0.717) is 18.4 Å². The molecule has 1 atom stereocenters. The summed E-state index contributed by atoms with van der Waals surface area (Å²) in [4.78, 5) is 14.7. The Morgan fingerprint density at radius 2 is 2.12 bits per heavy atom. The fraction of sp³-hybridized carbons (Fsp3) is 0.923. The van der Waals surface area contributed by atoms with Crippen LogP contribution in [0.4, 0.5) is 0 Å². The van der Waals surface area contributed by atoms with E-state index >= 15 is 0 Å². The minimum atomic E-state index is -0.231. The zero-order valence-corrected chi connectivity index (χ0v) is 11.0. The maximum absolute atomic E-state index is 12.7. The van der Waals surface area contributed by atoms with Crippen molar-refractivity contribution in [1.82, 2.24) is 10.2 Å². The molecule has 2 aliphatic rings. The molecule has 1 amide bonds. The highest BCUT2D eigenvalue weighted by atomic mass is 16.5. The highest BCUT2D eigenvalue weighted by Gasteiger charge is 2.44. The smallest absolute Gasteiger partial charge is 0.231 e. The van der Waals surface area contributed by atoms with Gasteiger partial charge in [-0.25, -0.2) is 0 Å². The van der Waals surface area contributed by atoms with Gasteiger partial charge in [-0.05, 0) is 18.8 Å². The molecule has 0 saturated carbocycles. The van der Waals surface area contributed by atoms with E-state index < -0.39 is 0 Å². The topological polar surface area (TPSA) is 41.6 Å². The third-order valence-electron chi connectivity index (χ3n) is 3.76. The van der Waals surface area contributed by atoms with Gasteiger partial charge >= 0.3 is 0 Å². The molecule has 2 heterocycles. The first-order chi connectivity index (χ1) is 8.14. The first-order valence-corrected chi connectivity index (χ1v) is 6.72. The molecule has 0 bridgehead atoms. The number of nitrogens with zero attached hydrogens (tertiary/aromatic N) is 1. The molecule has 0 radical (unpaired) electrons. The Kier molecular flexibility index (Phi) is 4.05. The average Bonchev–Trinajstić information content (AvgIpc) is 2.78. The van der Waals surface area contributed by atoms with Gasteiger partial charge in [0.2, 0.25) is 5.91 Å². The summed E-state index contributed by atoms with van der Waals surface area (Å²) >= 11 is 0. The summed E-state index contributed by atoms with van der Waals surface area (Å²) in [5, 5.41) is 3.29. The fourth-order valence-electron chi connectivity index (χ4n) is 3.01. The summed E-state index contributed by atoms with van der Waals surface area (Å²) in [5.41, 5.74) is -0.231. The van der Waals surface area contributed by atoms with Crippen LogP contribution in [0.25, 0.3) is 0 Å². The minimum absolute atomic E-state index is 0.231. The molecule has 4 nitrogen and oxygen atoms in total. The van der Waals surface area contributed by atoms with Crippen LogP contribution in [0.3, 0.4) is 0 Å². The van der Waals surface area contributed by atoms with Crippen LogP contribution >= 0.6 is 0 Å². The van der Waals surface area contributed by atoms with Crippen LogP contribution in [0.2, 0.25) is 0 Å². The lowest BCUT2D eigenvalue weighted by Crippen LogP contribution is -2.52. The minimum Gasteiger partial charge on any atom is -0.380 e. The molecule has 98 valence electrons. The third-order valence-corrected chi connectivity index (χ3v) is 3.76. The molecular weight excluding hydrogens is 216 g/mol. The van der Waals surface area contributed by atoms with E-state index in [1.165, 1.54) is 0 Å². The monoisotopic (exact) mass is 240 g/mol. The van der Waals surface area contributed by atoms with E-state index in [1.54, 1.807) is 0 Å². The second-order valence-corrected chi connectivity index (χ2v) is 5.72. The predicted octanol–water partition coefficient (Wildman–Crippen LogP) is 0.871. The number of hydrogen-bond acceptors (Lipinski definition) is 3. The summed E-state index contributed by atoms with van der Waals surface area (Å²) in [6.07, 6.45) is 1.85. The zero-order chi connectivity index (χ0) is 12.3. The number of amides is 1. The van der Waals surface area contributed by atoms with Crippen LogP contribution in [-0.2, 0) is 9.53 Å². The van der Waals surface area contributed by atoms with E-state index in [4.69, 9.17) is 4.74 Å². The van der Waals surface area contributed by atoms with E-state index in [9.17, 15) is 4.79 Å². The molecule has 2 aliphatic heterocycles. The molecule has 2 saturated heterocycles. The molecule has 1 N–H and O–H groups in total. The van der Waals surface area contributed by atoms with Gasteiger partial charge in [0.25, 0.3) is 0 Å².